The fraction of sp³-hybridized carbons (Fsp3) is 0.480. The number of benzene rings is 2. The van der Waals surface area contributed by atoms with E-state index in [1.807, 2.05) is 61.2 Å². The molecule has 0 radical (unpaired) electrons. The Labute approximate surface area is 191 Å². The molecule has 172 valence electrons. The second-order valence-electron chi connectivity index (χ2n) is 9.83. The molecule has 0 bridgehead atoms. The zero-order valence-corrected chi connectivity index (χ0v) is 20.0. The first-order valence-electron chi connectivity index (χ1n) is 11.3. The molecule has 0 aromatic heterocycles. The van der Waals surface area contributed by atoms with Crippen LogP contribution in [-0.2, 0) is 27.1 Å². The summed E-state index contributed by atoms with van der Waals surface area (Å²) in [7, 11) is -3.42. The standard InChI is InChI=1S/C25H33N3O3S/c1-20(2)13-28(32(30,31)15-23-7-5-4-6-8-23)14-22-9-11-24(12-10-22)27-18-25(19-27)16-26(17-25)21(3)29/h4-12,20H,13-19H2,1-3H3. The Morgan fingerprint density at radius 1 is 0.969 bits per heavy atom. The van der Waals surface area contributed by atoms with E-state index in [0.717, 1.165) is 43.0 Å². The lowest BCUT2D eigenvalue weighted by Gasteiger charge is -2.60. The fourth-order valence-corrected chi connectivity index (χ4v) is 6.38. The van der Waals surface area contributed by atoms with Crippen molar-refractivity contribution in [3.63, 3.8) is 0 Å². The molecule has 32 heavy (non-hydrogen) atoms. The highest BCUT2D eigenvalue weighted by atomic mass is 32.2. The van der Waals surface area contributed by atoms with Gasteiger partial charge in [-0.25, -0.2) is 8.42 Å². The third-order valence-corrected chi connectivity index (χ3v) is 8.13. The summed E-state index contributed by atoms with van der Waals surface area (Å²) < 4.78 is 27.9. The maximum Gasteiger partial charge on any atom is 0.219 e. The topological polar surface area (TPSA) is 60.9 Å². The van der Waals surface area contributed by atoms with Crippen LogP contribution in [0.1, 0.15) is 31.9 Å². The van der Waals surface area contributed by atoms with E-state index in [0.29, 0.717) is 13.1 Å². The van der Waals surface area contributed by atoms with Crippen LogP contribution in [-0.4, -0.2) is 56.3 Å². The molecule has 2 aromatic rings. The van der Waals surface area contributed by atoms with E-state index >= 15 is 0 Å². The number of hydrogen-bond acceptors (Lipinski definition) is 4. The van der Waals surface area contributed by atoms with Crippen LogP contribution in [0.15, 0.2) is 54.6 Å². The minimum absolute atomic E-state index is 0.0196. The van der Waals surface area contributed by atoms with Crippen LogP contribution in [0.25, 0.3) is 0 Å². The number of rotatable bonds is 8. The van der Waals surface area contributed by atoms with Crippen molar-refractivity contribution in [1.82, 2.24) is 9.21 Å². The van der Waals surface area contributed by atoms with E-state index < -0.39 is 10.0 Å². The highest BCUT2D eigenvalue weighted by Gasteiger charge is 2.52. The molecule has 0 saturated carbocycles. The number of anilines is 1. The van der Waals surface area contributed by atoms with Gasteiger partial charge in [-0.15, -0.1) is 0 Å². The fourth-order valence-electron chi connectivity index (χ4n) is 4.71. The summed E-state index contributed by atoms with van der Waals surface area (Å²) >= 11 is 0. The molecule has 2 heterocycles. The molecule has 4 rings (SSSR count). The molecular weight excluding hydrogens is 422 g/mol. The average Bonchev–Trinajstić information content (AvgIpc) is 2.66. The lowest BCUT2D eigenvalue weighted by Crippen LogP contribution is -2.72. The van der Waals surface area contributed by atoms with Gasteiger partial charge in [0, 0.05) is 57.3 Å². The molecule has 0 aliphatic carbocycles. The van der Waals surface area contributed by atoms with Gasteiger partial charge in [-0.2, -0.15) is 4.31 Å². The number of amides is 1. The van der Waals surface area contributed by atoms with Gasteiger partial charge in [-0.1, -0.05) is 56.3 Å². The van der Waals surface area contributed by atoms with Gasteiger partial charge in [0.05, 0.1) is 5.75 Å². The predicted molar refractivity (Wildman–Crippen MR) is 128 cm³/mol. The molecule has 1 amide bonds. The van der Waals surface area contributed by atoms with E-state index in [9.17, 15) is 13.2 Å². The molecule has 0 unspecified atom stereocenters. The summed E-state index contributed by atoms with van der Waals surface area (Å²) in [6.45, 7) is 10.3. The maximum absolute atomic E-state index is 13.1. The summed E-state index contributed by atoms with van der Waals surface area (Å²) in [5.41, 5.74) is 3.22. The van der Waals surface area contributed by atoms with E-state index in [1.54, 1.807) is 11.2 Å². The Hall–Kier alpha value is -2.38. The zero-order valence-electron chi connectivity index (χ0n) is 19.2. The number of likely N-dealkylation sites (tertiary alicyclic amines) is 1. The first-order chi connectivity index (χ1) is 15.2. The van der Waals surface area contributed by atoms with E-state index in [4.69, 9.17) is 0 Å². The zero-order chi connectivity index (χ0) is 22.9. The van der Waals surface area contributed by atoms with Crippen LogP contribution in [0, 0.1) is 11.3 Å². The van der Waals surface area contributed by atoms with Crippen molar-refractivity contribution in [3.05, 3.63) is 65.7 Å². The second-order valence-corrected chi connectivity index (χ2v) is 11.8. The Morgan fingerprint density at radius 3 is 2.16 bits per heavy atom. The lowest BCUT2D eigenvalue weighted by atomic mass is 9.72. The summed E-state index contributed by atoms with van der Waals surface area (Å²) in [5.74, 6) is 0.423. The van der Waals surface area contributed by atoms with Crippen molar-refractivity contribution in [2.45, 2.75) is 33.1 Å². The van der Waals surface area contributed by atoms with Crippen LogP contribution in [0.2, 0.25) is 0 Å². The quantitative estimate of drug-likeness (QED) is 0.613. The number of carbonyl (C=O) groups is 1. The molecule has 0 N–H and O–H groups in total. The summed E-state index contributed by atoms with van der Waals surface area (Å²) in [4.78, 5) is 15.7. The highest BCUT2D eigenvalue weighted by molar-refractivity contribution is 7.88. The molecule has 1 spiro atoms. The third-order valence-electron chi connectivity index (χ3n) is 6.36. The van der Waals surface area contributed by atoms with Gasteiger partial charge in [0.1, 0.15) is 0 Å². The molecule has 6 nitrogen and oxygen atoms in total. The van der Waals surface area contributed by atoms with Crippen molar-refractivity contribution in [2.75, 3.05) is 37.6 Å². The van der Waals surface area contributed by atoms with Crippen molar-refractivity contribution in [3.8, 4) is 0 Å². The van der Waals surface area contributed by atoms with E-state index in [1.165, 1.54) is 0 Å². The molecule has 2 aromatic carbocycles. The van der Waals surface area contributed by atoms with Gasteiger partial charge >= 0.3 is 0 Å². The molecule has 0 atom stereocenters. The second kappa shape index (κ2) is 8.87. The van der Waals surface area contributed by atoms with Crippen LogP contribution >= 0.6 is 0 Å². The Balaban J connectivity index is 1.38. The van der Waals surface area contributed by atoms with Gasteiger partial charge in [-0.3, -0.25) is 4.79 Å². The van der Waals surface area contributed by atoms with Gasteiger partial charge < -0.3 is 9.80 Å². The van der Waals surface area contributed by atoms with Crippen LogP contribution in [0.5, 0.6) is 0 Å². The highest BCUT2D eigenvalue weighted by Crippen LogP contribution is 2.41. The monoisotopic (exact) mass is 455 g/mol. The van der Waals surface area contributed by atoms with Gasteiger partial charge in [0.2, 0.25) is 15.9 Å². The molecule has 2 fully saturated rings. The largest absolute Gasteiger partial charge is 0.370 e. The van der Waals surface area contributed by atoms with Crippen molar-refractivity contribution in [2.24, 2.45) is 11.3 Å². The predicted octanol–water partition coefficient (Wildman–Crippen LogP) is 3.34. The van der Waals surface area contributed by atoms with E-state index in [2.05, 4.69) is 17.0 Å². The SMILES string of the molecule is CC(=O)N1CC2(C1)CN(c1ccc(CN(CC(C)C)S(=O)(=O)Cc3ccccc3)cc1)C2. The first-order valence-corrected chi connectivity index (χ1v) is 12.9. The third kappa shape index (κ3) is 4.99. The Morgan fingerprint density at radius 2 is 1.59 bits per heavy atom. The van der Waals surface area contributed by atoms with Crippen molar-refractivity contribution >= 4 is 21.6 Å². The molecule has 2 aliphatic rings. The molecular formula is C25H33N3O3S. The summed E-state index contributed by atoms with van der Waals surface area (Å²) in [6.07, 6.45) is 0. The number of carbonyl (C=O) groups excluding carboxylic acids is 1. The first kappa shape index (κ1) is 22.8. The number of nitrogens with zero attached hydrogens (tertiary/aromatic N) is 3. The molecule has 7 heteroatoms. The summed E-state index contributed by atoms with van der Waals surface area (Å²) in [6, 6.07) is 17.6. The van der Waals surface area contributed by atoms with Crippen LogP contribution < -0.4 is 4.90 Å². The van der Waals surface area contributed by atoms with Crippen molar-refractivity contribution in [1.29, 1.82) is 0 Å². The van der Waals surface area contributed by atoms with E-state index in [-0.39, 0.29) is 23.0 Å². The van der Waals surface area contributed by atoms with Crippen LogP contribution in [0.3, 0.4) is 0 Å². The van der Waals surface area contributed by atoms with Crippen LogP contribution in [0.4, 0.5) is 5.69 Å². The number of sulfonamides is 1. The normalized spacial score (nSPS) is 17.5. The molecule has 2 aliphatic heterocycles. The van der Waals surface area contributed by atoms with Gasteiger partial charge in [0.25, 0.3) is 0 Å². The van der Waals surface area contributed by atoms with Gasteiger partial charge in [-0.05, 0) is 29.2 Å². The van der Waals surface area contributed by atoms with Gasteiger partial charge in [0.15, 0.2) is 0 Å². The lowest BCUT2D eigenvalue weighted by molar-refractivity contribution is -0.142. The molecule has 2 saturated heterocycles. The smallest absolute Gasteiger partial charge is 0.219 e. The minimum Gasteiger partial charge on any atom is -0.370 e. The summed E-state index contributed by atoms with van der Waals surface area (Å²) in [5, 5.41) is 0. The number of hydrogen-bond donors (Lipinski definition) is 0. The minimum atomic E-state index is -3.42. The Bertz CT molecular complexity index is 1040. The maximum atomic E-state index is 13.1. The average molecular weight is 456 g/mol. The van der Waals surface area contributed by atoms with Crippen molar-refractivity contribution < 1.29 is 13.2 Å². The Kier molecular flexibility index (Phi) is 6.32.